The van der Waals surface area contributed by atoms with Crippen LogP contribution in [0.5, 0.6) is 0 Å². The molecule has 2 heterocycles. The lowest BCUT2D eigenvalue weighted by Crippen LogP contribution is -2.12. The van der Waals surface area contributed by atoms with Crippen molar-refractivity contribution < 1.29 is 4.79 Å². The highest BCUT2D eigenvalue weighted by Crippen LogP contribution is 2.17. The van der Waals surface area contributed by atoms with Gasteiger partial charge in [-0.25, -0.2) is 0 Å². The number of hydrogen-bond acceptors (Lipinski definition) is 3. The van der Waals surface area contributed by atoms with Crippen LogP contribution in [-0.4, -0.2) is 20.5 Å². The van der Waals surface area contributed by atoms with Crippen molar-refractivity contribution in [3.8, 4) is 0 Å². The summed E-state index contributed by atoms with van der Waals surface area (Å²) in [7, 11) is 0. The van der Waals surface area contributed by atoms with Gasteiger partial charge in [0.1, 0.15) is 11.4 Å². The van der Waals surface area contributed by atoms with Crippen LogP contribution in [0.3, 0.4) is 0 Å². The molecule has 2 rings (SSSR count). The lowest BCUT2D eigenvalue weighted by molar-refractivity contribution is 0.102. The summed E-state index contributed by atoms with van der Waals surface area (Å²) in [6.07, 6.45) is 3.22. The molecule has 0 N–H and O–H groups in total. The van der Waals surface area contributed by atoms with E-state index in [9.17, 15) is 4.79 Å². The summed E-state index contributed by atoms with van der Waals surface area (Å²) in [5, 5.41) is 4.06. The first-order valence-electron chi connectivity index (χ1n) is 4.91. The maximum Gasteiger partial charge on any atom is 0.230 e. The van der Waals surface area contributed by atoms with Crippen molar-refractivity contribution in [2.24, 2.45) is 0 Å². The number of ketones is 1. The van der Waals surface area contributed by atoms with Crippen LogP contribution >= 0.6 is 15.9 Å². The van der Waals surface area contributed by atoms with E-state index in [0.29, 0.717) is 22.4 Å². The third-order valence-electron chi connectivity index (χ3n) is 2.22. The van der Waals surface area contributed by atoms with E-state index in [-0.39, 0.29) is 5.78 Å². The first-order chi connectivity index (χ1) is 7.74. The topological polar surface area (TPSA) is 47.8 Å². The molecule has 2 aromatic rings. The Hall–Kier alpha value is -1.49. The van der Waals surface area contributed by atoms with Crippen LogP contribution in [-0.2, 0) is 6.54 Å². The van der Waals surface area contributed by atoms with Crippen LogP contribution in [0.2, 0.25) is 0 Å². The number of halogens is 1. The summed E-state index contributed by atoms with van der Waals surface area (Å²) in [6.45, 7) is 2.61. The predicted molar refractivity (Wildman–Crippen MR) is 63.3 cm³/mol. The maximum atomic E-state index is 12.2. The first kappa shape index (κ1) is 11.0. The highest BCUT2D eigenvalue weighted by Gasteiger charge is 2.17. The largest absolute Gasteiger partial charge is 0.285 e. The Morgan fingerprint density at radius 1 is 1.44 bits per heavy atom. The number of carbonyl (C=O) groups is 1. The van der Waals surface area contributed by atoms with Crippen LogP contribution in [0.25, 0.3) is 0 Å². The van der Waals surface area contributed by atoms with E-state index in [0.717, 1.165) is 0 Å². The van der Waals surface area contributed by atoms with Crippen LogP contribution in [0.4, 0.5) is 0 Å². The molecule has 0 amide bonds. The predicted octanol–water partition coefficient (Wildman–Crippen LogP) is 2.29. The van der Waals surface area contributed by atoms with Crippen molar-refractivity contribution in [3.63, 3.8) is 0 Å². The van der Waals surface area contributed by atoms with E-state index in [1.54, 1.807) is 35.3 Å². The Balaban J connectivity index is 2.44. The summed E-state index contributed by atoms with van der Waals surface area (Å²) in [6, 6.07) is 5.28. The molecule has 0 spiro atoms. The molecule has 0 saturated carbocycles. The van der Waals surface area contributed by atoms with Crippen LogP contribution in [0.1, 0.15) is 23.1 Å². The number of nitrogens with zero attached hydrogens (tertiary/aromatic N) is 3. The number of pyridine rings is 1. The molecule has 2 aromatic heterocycles. The Morgan fingerprint density at radius 3 is 2.94 bits per heavy atom. The molecule has 16 heavy (non-hydrogen) atoms. The van der Waals surface area contributed by atoms with E-state index in [2.05, 4.69) is 26.0 Å². The van der Waals surface area contributed by atoms with Gasteiger partial charge >= 0.3 is 0 Å². The van der Waals surface area contributed by atoms with Gasteiger partial charge in [0, 0.05) is 23.4 Å². The molecular weight excluding hydrogens is 270 g/mol. The van der Waals surface area contributed by atoms with Crippen LogP contribution < -0.4 is 0 Å². The minimum atomic E-state index is -0.119. The Kier molecular flexibility index (Phi) is 3.14. The average molecular weight is 280 g/mol. The number of aromatic nitrogens is 3. The standard InChI is InChI=1S/C11H10BrN3O/c1-2-15-9(5-7-14-15)11(16)10-8(12)4-3-6-13-10/h3-7H,2H2,1H3. The molecule has 0 fully saturated rings. The smallest absolute Gasteiger partial charge is 0.230 e. The fraction of sp³-hybridized carbons (Fsp3) is 0.182. The summed E-state index contributed by atoms with van der Waals surface area (Å²) in [5.74, 6) is -0.119. The molecule has 0 bridgehead atoms. The summed E-state index contributed by atoms with van der Waals surface area (Å²) in [4.78, 5) is 16.2. The van der Waals surface area contributed by atoms with Gasteiger partial charge in [0.05, 0.1) is 0 Å². The van der Waals surface area contributed by atoms with Crippen molar-refractivity contribution in [3.05, 3.63) is 46.5 Å². The van der Waals surface area contributed by atoms with Crippen LogP contribution in [0.15, 0.2) is 35.1 Å². The minimum absolute atomic E-state index is 0.119. The van der Waals surface area contributed by atoms with Gasteiger partial charge in [-0.2, -0.15) is 5.10 Å². The van der Waals surface area contributed by atoms with E-state index in [1.165, 1.54) is 0 Å². The molecular formula is C11H10BrN3O. The van der Waals surface area contributed by atoms with Gasteiger partial charge < -0.3 is 0 Å². The third kappa shape index (κ3) is 1.90. The molecule has 0 aliphatic heterocycles. The minimum Gasteiger partial charge on any atom is -0.285 e. The second-order valence-corrected chi connectivity index (χ2v) is 4.05. The van der Waals surface area contributed by atoms with Crippen LogP contribution in [0, 0.1) is 0 Å². The van der Waals surface area contributed by atoms with Gasteiger partial charge in [0.15, 0.2) is 0 Å². The molecule has 0 aliphatic carbocycles. The van der Waals surface area contributed by atoms with Gasteiger partial charge in [-0.3, -0.25) is 14.5 Å². The summed E-state index contributed by atoms with van der Waals surface area (Å²) in [5.41, 5.74) is 0.972. The number of rotatable bonds is 3. The van der Waals surface area contributed by atoms with Gasteiger partial charge in [-0.15, -0.1) is 0 Å². The van der Waals surface area contributed by atoms with Crippen molar-refractivity contribution in [2.75, 3.05) is 0 Å². The van der Waals surface area contributed by atoms with Crippen molar-refractivity contribution in [1.29, 1.82) is 0 Å². The Morgan fingerprint density at radius 2 is 2.25 bits per heavy atom. The Bertz CT molecular complexity index is 521. The first-order valence-corrected chi connectivity index (χ1v) is 5.70. The van der Waals surface area contributed by atoms with Crippen molar-refractivity contribution in [2.45, 2.75) is 13.5 Å². The van der Waals surface area contributed by atoms with Crippen molar-refractivity contribution >= 4 is 21.7 Å². The van der Waals surface area contributed by atoms with E-state index in [4.69, 9.17) is 0 Å². The van der Waals surface area contributed by atoms with E-state index < -0.39 is 0 Å². The second-order valence-electron chi connectivity index (χ2n) is 3.20. The number of aryl methyl sites for hydroxylation is 1. The van der Waals surface area contributed by atoms with Gasteiger partial charge in [0.25, 0.3) is 0 Å². The molecule has 4 nitrogen and oxygen atoms in total. The van der Waals surface area contributed by atoms with E-state index >= 15 is 0 Å². The Labute approximate surface area is 101 Å². The fourth-order valence-electron chi connectivity index (χ4n) is 1.45. The molecule has 0 saturated heterocycles. The zero-order valence-electron chi connectivity index (χ0n) is 8.72. The maximum absolute atomic E-state index is 12.2. The summed E-state index contributed by atoms with van der Waals surface area (Å²) < 4.78 is 2.35. The van der Waals surface area contributed by atoms with Gasteiger partial charge in [-0.05, 0) is 41.1 Å². The van der Waals surface area contributed by atoms with Gasteiger partial charge in [-0.1, -0.05) is 0 Å². The number of hydrogen-bond donors (Lipinski definition) is 0. The summed E-state index contributed by atoms with van der Waals surface area (Å²) >= 11 is 3.32. The average Bonchev–Trinajstić information content (AvgIpc) is 2.77. The molecule has 5 heteroatoms. The van der Waals surface area contributed by atoms with Gasteiger partial charge in [0.2, 0.25) is 5.78 Å². The molecule has 0 aliphatic rings. The quantitative estimate of drug-likeness (QED) is 0.810. The molecule has 0 unspecified atom stereocenters. The zero-order chi connectivity index (χ0) is 11.5. The highest BCUT2D eigenvalue weighted by atomic mass is 79.9. The fourth-order valence-corrected chi connectivity index (χ4v) is 1.89. The normalized spacial score (nSPS) is 10.4. The molecule has 0 aromatic carbocycles. The van der Waals surface area contributed by atoms with E-state index in [1.807, 2.05) is 6.92 Å². The molecule has 0 radical (unpaired) electrons. The molecule has 0 atom stereocenters. The second kappa shape index (κ2) is 4.57. The number of carbonyl (C=O) groups excluding carboxylic acids is 1. The van der Waals surface area contributed by atoms with Crippen molar-refractivity contribution in [1.82, 2.24) is 14.8 Å². The molecule has 82 valence electrons. The third-order valence-corrected chi connectivity index (χ3v) is 2.86. The lowest BCUT2D eigenvalue weighted by atomic mass is 10.2. The monoisotopic (exact) mass is 279 g/mol. The lowest BCUT2D eigenvalue weighted by Gasteiger charge is -2.04. The zero-order valence-corrected chi connectivity index (χ0v) is 10.3. The highest BCUT2D eigenvalue weighted by molar-refractivity contribution is 9.10. The SMILES string of the molecule is CCn1nccc1C(=O)c1ncccc1Br.